The zero-order chi connectivity index (χ0) is 13.7. The second kappa shape index (κ2) is 4.31. The van der Waals surface area contributed by atoms with Gasteiger partial charge in [-0.1, -0.05) is 0 Å². The molecule has 0 radical (unpaired) electrons. The van der Waals surface area contributed by atoms with Gasteiger partial charge in [-0.2, -0.15) is 0 Å². The Balaban J connectivity index is 1.68. The van der Waals surface area contributed by atoms with Crippen LogP contribution in [0.25, 0.3) is 0 Å². The Kier molecular flexibility index (Phi) is 2.66. The van der Waals surface area contributed by atoms with Gasteiger partial charge in [0.05, 0.1) is 6.42 Å². The summed E-state index contributed by atoms with van der Waals surface area (Å²) in [5.41, 5.74) is 2.34. The fourth-order valence-corrected chi connectivity index (χ4v) is 5.47. The number of carboxylic acids is 1. The van der Waals surface area contributed by atoms with Crippen molar-refractivity contribution in [3.05, 3.63) is 29.6 Å². The number of carboxylic acid groups (broad SMARTS) is 1. The van der Waals surface area contributed by atoms with Crippen molar-refractivity contribution >= 4 is 5.97 Å². The monoisotopic (exact) mass is 271 g/mol. The van der Waals surface area contributed by atoms with Crippen molar-refractivity contribution in [1.29, 1.82) is 0 Å². The van der Waals surface area contributed by atoms with Gasteiger partial charge >= 0.3 is 5.97 Å². The zero-order valence-electron chi connectivity index (χ0n) is 11.7. The zero-order valence-corrected chi connectivity index (χ0v) is 11.7. The Bertz CT molecular complexity index is 516. The Morgan fingerprint density at radius 2 is 1.80 bits per heavy atom. The number of pyridine rings is 1. The molecule has 0 aromatic carbocycles. The average Bonchev–Trinajstić information content (AvgIpc) is 2.36. The van der Waals surface area contributed by atoms with Gasteiger partial charge in [0.1, 0.15) is 0 Å². The summed E-state index contributed by atoms with van der Waals surface area (Å²) >= 11 is 0. The molecule has 1 aromatic heterocycles. The third-order valence-corrected chi connectivity index (χ3v) is 5.76. The summed E-state index contributed by atoms with van der Waals surface area (Å²) in [5.74, 6) is 1.93. The summed E-state index contributed by atoms with van der Waals surface area (Å²) in [6.07, 6.45) is 10.0. The Labute approximate surface area is 119 Å². The first-order valence-electron chi connectivity index (χ1n) is 7.80. The molecule has 0 atom stereocenters. The number of hydrogen-bond acceptors (Lipinski definition) is 2. The van der Waals surface area contributed by atoms with Crippen molar-refractivity contribution in [2.24, 2.45) is 17.8 Å². The SMILES string of the molecule is O=C(O)Cc1ccnc(C23CC4CC(CC(C4)C2)C3)c1. The number of aliphatic carboxylic acids is 1. The molecule has 1 aromatic rings. The quantitative estimate of drug-likeness (QED) is 0.918. The van der Waals surface area contributed by atoms with E-state index >= 15 is 0 Å². The lowest BCUT2D eigenvalue weighted by atomic mass is 9.48. The Morgan fingerprint density at radius 1 is 1.20 bits per heavy atom. The molecule has 0 spiro atoms. The van der Waals surface area contributed by atoms with Crippen LogP contribution in [0.2, 0.25) is 0 Å². The van der Waals surface area contributed by atoms with E-state index in [-0.39, 0.29) is 11.8 Å². The molecule has 3 heteroatoms. The summed E-state index contributed by atoms with van der Waals surface area (Å²) in [7, 11) is 0. The third-order valence-electron chi connectivity index (χ3n) is 5.76. The fourth-order valence-electron chi connectivity index (χ4n) is 5.47. The lowest BCUT2D eigenvalue weighted by Crippen LogP contribution is -2.48. The highest BCUT2D eigenvalue weighted by Gasteiger charge is 2.52. The fraction of sp³-hybridized carbons (Fsp3) is 0.647. The molecule has 1 N–H and O–H groups in total. The first-order chi connectivity index (χ1) is 9.63. The van der Waals surface area contributed by atoms with E-state index in [1.807, 2.05) is 12.3 Å². The molecule has 4 bridgehead atoms. The van der Waals surface area contributed by atoms with Crippen LogP contribution in [0.5, 0.6) is 0 Å². The molecule has 1 heterocycles. The number of aromatic nitrogens is 1. The standard InChI is InChI=1S/C17H21NO2/c19-16(20)7-11-1-2-18-15(6-11)17-8-12-3-13(9-17)5-14(4-12)10-17/h1-2,6,12-14H,3-5,7-10H2,(H,19,20). The van der Waals surface area contributed by atoms with Crippen LogP contribution in [0.1, 0.15) is 49.8 Å². The van der Waals surface area contributed by atoms with Crippen LogP contribution < -0.4 is 0 Å². The minimum atomic E-state index is -0.757. The number of hydrogen-bond donors (Lipinski definition) is 1. The topological polar surface area (TPSA) is 50.2 Å². The van der Waals surface area contributed by atoms with E-state index in [2.05, 4.69) is 11.1 Å². The van der Waals surface area contributed by atoms with E-state index < -0.39 is 5.97 Å². The predicted octanol–water partition coefficient (Wildman–Crippen LogP) is 3.18. The summed E-state index contributed by atoms with van der Waals surface area (Å²) < 4.78 is 0. The molecule has 3 nitrogen and oxygen atoms in total. The van der Waals surface area contributed by atoms with Crippen LogP contribution in [0.4, 0.5) is 0 Å². The van der Waals surface area contributed by atoms with Crippen molar-refractivity contribution in [2.45, 2.75) is 50.4 Å². The molecule has 4 aliphatic carbocycles. The van der Waals surface area contributed by atoms with Crippen LogP contribution >= 0.6 is 0 Å². The maximum Gasteiger partial charge on any atom is 0.307 e. The van der Waals surface area contributed by atoms with Crippen molar-refractivity contribution in [2.75, 3.05) is 0 Å². The molecule has 0 amide bonds. The molecule has 0 aliphatic heterocycles. The molecule has 20 heavy (non-hydrogen) atoms. The van der Waals surface area contributed by atoms with Crippen molar-refractivity contribution in [1.82, 2.24) is 4.98 Å². The average molecular weight is 271 g/mol. The van der Waals surface area contributed by atoms with E-state index in [1.54, 1.807) is 0 Å². The van der Waals surface area contributed by atoms with E-state index in [4.69, 9.17) is 5.11 Å². The lowest BCUT2D eigenvalue weighted by molar-refractivity contribution is -0.136. The highest BCUT2D eigenvalue weighted by atomic mass is 16.4. The van der Waals surface area contributed by atoms with Crippen LogP contribution in [0.3, 0.4) is 0 Å². The summed E-state index contributed by atoms with van der Waals surface area (Å²) in [6, 6.07) is 3.92. The van der Waals surface area contributed by atoms with E-state index in [1.165, 1.54) is 44.2 Å². The van der Waals surface area contributed by atoms with Gasteiger partial charge in [0.25, 0.3) is 0 Å². The van der Waals surface area contributed by atoms with Gasteiger partial charge in [-0.3, -0.25) is 9.78 Å². The highest BCUT2D eigenvalue weighted by Crippen LogP contribution is 2.60. The summed E-state index contributed by atoms with van der Waals surface area (Å²) in [4.78, 5) is 15.6. The lowest BCUT2D eigenvalue weighted by Gasteiger charge is -2.56. The molecule has 5 rings (SSSR count). The van der Waals surface area contributed by atoms with Crippen molar-refractivity contribution in [3.8, 4) is 0 Å². The minimum absolute atomic E-state index is 0.113. The second-order valence-corrected chi connectivity index (χ2v) is 7.32. The molecule has 4 saturated carbocycles. The largest absolute Gasteiger partial charge is 0.481 e. The maximum absolute atomic E-state index is 10.9. The Hall–Kier alpha value is -1.38. The molecule has 0 unspecified atom stereocenters. The van der Waals surface area contributed by atoms with Gasteiger partial charge < -0.3 is 5.11 Å². The second-order valence-electron chi connectivity index (χ2n) is 7.32. The number of carbonyl (C=O) groups is 1. The first kappa shape index (κ1) is 12.4. The van der Waals surface area contributed by atoms with Crippen LogP contribution in [0, 0.1) is 17.8 Å². The molecule has 4 aliphatic rings. The minimum Gasteiger partial charge on any atom is -0.481 e. The van der Waals surface area contributed by atoms with Gasteiger partial charge in [0.2, 0.25) is 0 Å². The number of rotatable bonds is 3. The normalized spacial score (nSPS) is 38.1. The predicted molar refractivity (Wildman–Crippen MR) is 75.4 cm³/mol. The highest BCUT2D eigenvalue weighted by molar-refractivity contribution is 5.70. The molecule has 0 saturated heterocycles. The molecular formula is C17H21NO2. The van der Waals surface area contributed by atoms with E-state index in [0.717, 1.165) is 23.3 Å². The third kappa shape index (κ3) is 1.95. The molecular weight excluding hydrogens is 250 g/mol. The summed E-state index contributed by atoms with van der Waals surface area (Å²) in [6.45, 7) is 0. The van der Waals surface area contributed by atoms with Gasteiger partial charge in [-0.15, -0.1) is 0 Å². The van der Waals surface area contributed by atoms with Crippen LogP contribution in [-0.4, -0.2) is 16.1 Å². The van der Waals surface area contributed by atoms with Gasteiger partial charge in [-0.25, -0.2) is 0 Å². The summed E-state index contributed by atoms with van der Waals surface area (Å²) in [5, 5.41) is 8.97. The van der Waals surface area contributed by atoms with Gasteiger partial charge in [-0.05, 0) is 74.0 Å². The Morgan fingerprint density at radius 3 is 2.35 bits per heavy atom. The smallest absolute Gasteiger partial charge is 0.307 e. The molecule has 106 valence electrons. The van der Waals surface area contributed by atoms with Crippen molar-refractivity contribution < 1.29 is 9.90 Å². The van der Waals surface area contributed by atoms with Crippen LogP contribution in [0.15, 0.2) is 18.3 Å². The van der Waals surface area contributed by atoms with Gasteiger partial charge in [0, 0.05) is 17.3 Å². The first-order valence-corrected chi connectivity index (χ1v) is 7.80. The number of nitrogens with zero attached hydrogens (tertiary/aromatic N) is 1. The van der Waals surface area contributed by atoms with E-state index in [0.29, 0.717) is 0 Å². The van der Waals surface area contributed by atoms with Crippen molar-refractivity contribution in [3.63, 3.8) is 0 Å². The van der Waals surface area contributed by atoms with Crippen LogP contribution in [-0.2, 0) is 16.6 Å². The molecule has 4 fully saturated rings. The van der Waals surface area contributed by atoms with Gasteiger partial charge in [0.15, 0.2) is 0 Å². The van der Waals surface area contributed by atoms with E-state index in [9.17, 15) is 4.79 Å². The maximum atomic E-state index is 10.9.